The Morgan fingerprint density at radius 2 is 2.04 bits per heavy atom. The molecule has 0 aromatic heterocycles. The molecule has 0 fully saturated rings. The molecule has 0 saturated heterocycles. The predicted octanol–water partition coefficient (Wildman–Crippen LogP) is 1.66. The molecule has 0 saturated carbocycles. The molecule has 2 rings (SSSR count). The van der Waals surface area contributed by atoms with E-state index in [0.29, 0.717) is 5.70 Å². The van der Waals surface area contributed by atoms with E-state index in [1.54, 1.807) is 13.0 Å². The van der Waals surface area contributed by atoms with Gasteiger partial charge in [0.05, 0.1) is 11.5 Å². The van der Waals surface area contributed by atoms with Crippen molar-refractivity contribution < 1.29 is 22.8 Å². The molecule has 0 bridgehead atoms. The monoisotopic (exact) mass is 341 g/mol. The van der Waals surface area contributed by atoms with Gasteiger partial charge in [-0.3, -0.25) is 9.59 Å². The summed E-state index contributed by atoms with van der Waals surface area (Å²) in [6, 6.07) is -0.594. The first kappa shape index (κ1) is 17.8. The molecule has 1 aliphatic heterocycles. The molecule has 1 aliphatic carbocycles. The predicted molar refractivity (Wildman–Crippen MR) is 82.0 cm³/mol. The first-order valence-corrected chi connectivity index (χ1v) is 7.38. The number of hydrogen-bond donors (Lipinski definition) is 3. The van der Waals surface area contributed by atoms with Gasteiger partial charge in [-0.25, -0.2) is 0 Å². The van der Waals surface area contributed by atoms with Crippen molar-refractivity contribution in [3.63, 3.8) is 0 Å². The number of nitrogens with one attached hydrogen (secondary N) is 2. The number of carbonyl (C=O) groups is 2. The lowest BCUT2D eigenvalue weighted by Crippen LogP contribution is -2.37. The van der Waals surface area contributed by atoms with E-state index in [1.807, 2.05) is 0 Å². The number of halogens is 3. The number of nitrogens with two attached hydrogens (primary N) is 1. The molecule has 24 heavy (non-hydrogen) atoms. The number of hydrogen-bond acceptors (Lipinski definition) is 3. The van der Waals surface area contributed by atoms with Gasteiger partial charge in [0, 0.05) is 5.70 Å². The van der Waals surface area contributed by atoms with Crippen molar-refractivity contribution >= 4 is 11.8 Å². The zero-order valence-corrected chi connectivity index (χ0v) is 12.9. The number of carbonyl (C=O) groups excluding carboxylic acids is 2. The summed E-state index contributed by atoms with van der Waals surface area (Å²) in [7, 11) is 0. The van der Waals surface area contributed by atoms with Crippen LogP contribution >= 0.6 is 0 Å². The number of alkyl halides is 3. The van der Waals surface area contributed by atoms with Crippen LogP contribution in [0.3, 0.4) is 0 Å². The van der Waals surface area contributed by atoms with Gasteiger partial charge in [0.2, 0.25) is 11.8 Å². The number of allylic oxidation sites excluding steroid dienone is 4. The Kier molecular flexibility index (Phi) is 5.16. The van der Waals surface area contributed by atoms with Gasteiger partial charge in [0.1, 0.15) is 6.04 Å². The highest BCUT2D eigenvalue weighted by atomic mass is 19.4. The second kappa shape index (κ2) is 6.94. The topological polar surface area (TPSA) is 84.2 Å². The average Bonchev–Trinajstić information content (AvgIpc) is 2.72. The lowest BCUT2D eigenvalue weighted by molar-refractivity contribution is -0.124. The minimum absolute atomic E-state index is 0.266. The van der Waals surface area contributed by atoms with Crippen molar-refractivity contribution in [3.05, 3.63) is 47.9 Å². The van der Waals surface area contributed by atoms with Gasteiger partial charge in [-0.1, -0.05) is 31.2 Å². The molecular weight excluding hydrogens is 323 g/mol. The standard InChI is InChI=1S/C16H18F3N3O2/c1-9-2-3-10(16(17,18)19)8-12(9)15(24)22-11-4-5-13(14(20)23)21-7-6-11/h2-4,6-9,12-13,21H,5H2,1H3,(H2,20,23)(H,22,24). The van der Waals surface area contributed by atoms with Gasteiger partial charge in [0.25, 0.3) is 0 Å². The van der Waals surface area contributed by atoms with Crippen LogP contribution in [0.1, 0.15) is 13.3 Å². The fourth-order valence-corrected chi connectivity index (χ4v) is 2.43. The van der Waals surface area contributed by atoms with E-state index in [-0.39, 0.29) is 12.3 Å². The highest BCUT2D eigenvalue weighted by Crippen LogP contribution is 2.33. The second-order valence-corrected chi connectivity index (χ2v) is 5.70. The molecule has 1 heterocycles. The minimum atomic E-state index is -4.49. The van der Waals surface area contributed by atoms with Crippen molar-refractivity contribution in [2.75, 3.05) is 0 Å². The van der Waals surface area contributed by atoms with Crippen molar-refractivity contribution in [2.24, 2.45) is 17.6 Å². The molecule has 8 heteroatoms. The molecule has 2 aliphatic rings. The van der Waals surface area contributed by atoms with Gasteiger partial charge < -0.3 is 16.4 Å². The molecular formula is C16H18F3N3O2. The third-order valence-electron chi connectivity index (χ3n) is 3.88. The quantitative estimate of drug-likeness (QED) is 0.730. The third kappa shape index (κ3) is 4.27. The van der Waals surface area contributed by atoms with E-state index in [9.17, 15) is 22.8 Å². The SMILES string of the molecule is CC1C=CC(C(F)(F)F)=CC1C(=O)NC1=CCC(C(N)=O)NC=C1. The van der Waals surface area contributed by atoms with Gasteiger partial charge >= 0.3 is 6.18 Å². The highest BCUT2D eigenvalue weighted by Gasteiger charge is 2.36. The van der Waals surface area contributed by atoms with Crippen LogP contribution in [0, 0.1) is 11.8 Å². The maximum atomic E-state index is 12.8. The number of rotatable bonds is 3. The fourth-order valence-electron chi connectivity index (χ4n) is 2.43. The summed E-state index contributed by atoms with van der Waals surface area (Å²) in [5.41, 5.74) is 4.77. The van der Waals surface area contributed by atoms with Gasteiger partial charge in [-0.15, -0.1) is 0 Å². The smallest absolute Gasteiger partial charge is 0.379 e. The van der Waals surface area contributed by atoms with E-state index < -0.39 is 35.5 Å². The molecule has 5 nitrogen and oxygen atoms in total. The summed E-state index contributed by atoms with van der Waals surface area (Å²) in [6.07, 6.45) is 3.66. The lowest BCUT2D eigenvalue weighted by Gasteiger charge is -2.23. The van der Waals surface area contributed by atoms with E-state index in [2.05, 4.69) is 10.6 Å². The van der Waals surface area contributed by atoms with Crippen LogP contribution in [0.5, 0.6) is 0 Å². The van der Waals surface area contributed by atoms with Gasteiger partial charge in [0.15, 0.2) is 0 Å². The van der Waals surface area contributed by atoms with E-state index in [1.165, 1.54) is 18.4 Å². The summed E-state index contributed by atoms with van der Waals surface area (Å²) >= 11 is 0. The Labute approximate surface area is 137 Å². The summed E-state index contributed by atoms with van der Waals surface area (Å²) in [5, 5.41) is 5.36. The Morgan fingerprint density at radius 3 is 2.67 bits per heavy atom. The largest absolute Gasteiger partial charge is 0.416 e. The van der Waals surface area contributed by atoms with Crippen LogP contribution < -0.4 is 16.4 Å². The molecule has 130 valence electrons. The van der Waals surface area contributed by atoms with Crippen molar-refractivity contribution in [1.82, 2.24) is 10.6 Å². The zero-order valence-electron chi connectivity index (χ0n) is 12.9. The normalized spacial score (nSPS) is 26.8. The molecule has 0 aromatic carbocycles. The Morgan fingerprint density at radius 1 is 1.33 bits per heavy atom. The molecule has 0 aromatic rings. The summed E-state index contributed by atoms with van der Waals surface area (Å²) in [6.45, 7) is 1.67. The fraction of sp³-hybridized carbons (Fsp3) is 0.375. The Balaban J connectivity index is 2.10. The van der Waals surface area contributed by atoms with E-state index in [4.69, 9.17) is 5.73 Å². The second-order valence-electron chi connectivity index (χ2n) is 5.70. The third-order valence-corrected chi connectivity index (χ3v) is 3.88. The Hall–Kier alpha value is -2.51. The van der Waals surface area contributed by atoms with E-state index in [0.717, 1.165) is 12.2 Å². The molecule has 3 unspecified atom stereocenters. The zero-order chi connectivity index (χ0) is 17.9. The minimum Gasteiger partial charge on any atom is -0.379 e. The van der Waals surface area contributed by atoms with Crippen molar-refractivity contribution in [3.8, 4) is 0 Å². The maximum absolute atomic E-state index is 12.8. The van der Waals surface area contributed by atoms with Crippen LogP contribution in [0.15, 0.2) is 47.9 Å². The van der Waals surface area contributed by atoms with Crippen LogP contribution in [0.25, 0.3) is 0 Å². The summed E-state index contributed by atoms with van der Waals surface area (Å²) < 4.78 is 38.4. The van der Waals surface area contributed by atoms with Gasteiger partial charge in [-0.05, 0) is 24.6 Å². The first-order chi connectivity index (χ1) is 11.2. The lowest BCUT2D eigenvalue weighted by atomic mass is 9.86. The first-order valence-electron chi connectivity index (χ1n) is 7.38. The molecule has 0 spiro atoms. The molecule has 4 N–H and O–H groups in total. The Bertz CT molecular complexity index is 647. The molecule has 0 radical (unpaired) electrons. The summed E-state index contributed by atoms with van der Waals surface area (Å²) in [4.78, 5) is 23.5. The van der Waals surface area contributed by atoms with Gasteiger partial charge in [-0.2, -0.15) is 13.2 Å². The molecule has 3 atom stereocenters. The number of primary amides is 1. The van der Waals surface area contributed by atoms with Crippen molar-refractivity contribution in [2.45, 2.75) is 25.6 Å². The van der Waals surface area contributed by atoms with E-state index >= 15 is 0 Å². The maximum Gasteiger partial charge on any atom is 0.416 e. The van der Waals surface area contributed by atoms with Crippen LogP contribution in [0.4, 0.5) is 13.2 Å². The number of amides is 2. The molecule has 2 amide bonds. The summed E-state index contributed by atoms with van der Waals surface area (Å²) in [5.74, 6) is -2.36. The highest BCUT2D eigenvalue weighted by molar-refractivity contribution is 5.84. The van der Waals surface area contributed by atoms with Crippen LogP contribution in [0.2, 0.25) is 0 Å². The van der Waals surface area contributed by atoms with Crippen molar-refractivity contribution in [1.29, 1.82) is 0 Å². The van der Waals surface area contributed by atoms with Crippen LogP contribution in [-0.2, 0) is 9.59 Å². The average molecular weight is 341 g/mol. The van der Waals surface area contributed by atoms with Crippen LogP contribution in [-0.4, -0.2) is 24.0 Å².